The van der Waals surface area contributed by atoms with Gasteiger partial charge in [-0.2, -0.15) is 13.2 Å². The van der Waals surface area contributed by atoms with Crippen molar-refractivity contribution in [1.82, 2.24) is 4.90 Å². The van der Waals surface area contributed by atoms with Crippen molar-refractivity contribution in [1.29, 1.82) is 0 Å². The van der Waals surface area contributed by atoms with Gasteiger partial charge in [0.2, 0.25) is 0 Å². The van der Waals surface area contributed by atoms with Gasteiger partial charge in [-0.3, -0.25) is 4.90 Å². The van der Waals surface area contributed by atoms with Gasteiger partial charge < -0.3 is 5.11 Å². The number of likely N-dealkylation sites (tertiary alicyclic amines) is 1. The molecule has 1 aromatic rings. The van der Waals surface area contributed by atoms with Gasteiger partial charge in [0.15, 0.2) is 0 Å². The van der Waals surface area contributed by atoms with Crippen LogP contribution in [-0.2, 0) is 0 Å². The highest BCUT2D eigenvalue weighted by molar-refractivity contribution is 5.67. The Morgan fingerprint density at radius 2 is 2.05 bits per heavy atom. The molecule has 1 saturated heterocycles. The zero-order valence-electron chi connectivity index (χ0n) is 10.4. The van der Waals surface area contributed by atoms with Crippen molar-refractivity contribution in [2.75, 3.05) is 0 Å². The summed E-state index contributed by atoms with van der Waals surface area (Å²) < 4.78 is 50.5. The van der Waals surface area contributed by atoms with Crippen LogP contribution >= 0.6 is 0 Å². The number of halogens is 4. The Kier molecular flexibility index (Phi) is 3.87. The van der Waals surface area contributed by atoms with Crippen LogP contribution in [0.1, 0.15) is 30.9 Å². The number of amides is 1. The molecule has 2 atom stereocenters. The van der Waals surface area contributed by atoms with Crippen molar-refractivity contribution in [3.05, 3.63) is 35.6 Å². The van der Waals surface area contributed by atoms with Crippen LogP contribution in [-0.4, -0.2) is 28.3 Å². The van der Waals surface area contributed by atoms with E-state index >= 15 is 0 Å². The summed E-state index contributed by atoms with van der Waals surface area (Å²) in [6.45, 7) is 0. The van der Waals surface area contributed by atoms with Gasteiger partial charge in [-0.05, 0) is 30.5 Å². The highest BCUT2D eigenvalue weighted by Crippen LogP contribution is 2.40. The Balaban J connectivity index is 2.25. The first-order valence-electron chi connectivity index (χ1n) is 6.11. The fourth-order valence-corrected chi connectivity index (χ4v) is 2.68. The second kappa shape index (κ2) is 5.30. The summed E-state index contributed by atoms with van der Waals surface area (Å²) in [5.74, 6) is -0.535. The maximum Gasteiger partial charge on any atom is 0.408 e. The topological polar surface area (TPSA) is 40.5 Å². The fourth-order valence-electron chi connectivity index (χ4n) is 2.68. The van der Waals surface area contributed by atoms with Gasteiger partial charge >= 0.3 is 12.3 Å². The summed E-state index contributed by atoms with van der Waals surface area (Å²) in [5.41, 5.74) is 0.386. The lowest BCUT2D eigenvalue weighted by atomic mass is 10.0. The zero-order valence-corrected chi connectivity index (χ0v) is 10.4. The Hall–Kier alpha value is -1.79. The van der Waals surface area contributed by atoms with E-state index in [2.05, 4.69) is 0 Å². The van der Waals surface area contributed by atoms with E-state index in [-0.39, 0.29) is 12.8 Å². The monoisotopic (exact) mass is 291 g/mol. The predicted molar refractivity (Wildman–Crippen MR) is 62.7 cm³/mol. The third-order valence-electron chi connectivity index (χ3n) is 3.42. The van der Waals surface area contributed by atoms with Gasteiger partial charge in [0.05, 0.1) is 12.5 Å². The van der Waals surface area contributed by atoms with Crippen LogP contribution in [0.4, 0.5) is 22.4 Å². The molecule has 0 spiro atoms. The average Bonchev–Trinajstić information content (AvgIpc) is 2.70. The second-order valence-electron chi connectivity index (χ2n) is 4.81. The first-order valence-corrected chi connectivity index (χ1v) is 6.11. The minimum atomic E-state index is -4.42. The van der Waals surface area contributed by atoms with Crippen molar-refractivity contribution < 1.29 is 27.5 Å². The van der Waals surface area contributed by atoms with Crippen molar-refractivity contribution in [3.63, 3.8) is 0 Å². The molecule has 1 fully saturated rings. The molecule has 0 aromatic heterocycles. The summed E-state index contributed by atoms with van der Waals surface area (Å²) in [5, 5.41) is 9.15. The second-order valence-corrected chi connectivity index (χ2v) is 4.81. The smallest absolute Gasteiger partial charge is 0.408 e. The molecule has 0 saturated carbocycles. The van der Waals surface area contributed by atoms with Crippen LogP contribution in [0.15, 0.2) is 24.3 Å². The molecule has 2 rings (SSSR count). The number of hydrogen-bond donors (Lipinski definition) is 1. The minimum Gasteiger partial charge on any atom is -0.465 e. The van der Waals surface area contributed by atoms with Gasteiger partial charge in [-0.25, -0.2) is 9.18 Å². The van der Waals surface area contributed by atoms with Gasteiger partial charge in [0.1, 0.15) is 5.82 Å². The van der Waals surface area contributed by atoms with Crippen molar-refractivity contribution in [3.8, 4) is 0 Å². The summed E-state index contributed by atoms with van der Waals surface area (Å²) in [7, 11) is 0. The third-order valence-corrected chi connectivity index (χ3v) is 3.42. The Morgan fingerprint density at radius 3 is 2.60 bits per heavy atom. The van der Waals surface area contributed by atoms with E-state index < -0.39 is 36.6 Å². The molecule has 110 valence electrons. The summed E-state index contributed by atoms with van der Waals surface area (Å²) in [6.07, 6.45) is -6.63. The molecule has 0 unspecified atom stereocenters. The van der Waals surface area contributed by atoms with E-state index in [1.165, 1.54) is 18.2 Å². The number of carbonyl (C=O) groups is 1. The van der Waals surface area contributed by atoms with Crippen LogP contribution in [0, 0.1) is 5.82 Å². The van der Waals surface area contributed by atoms with E-state index in [1.807, 2.05) is 0 Å². The first kappa shape index (κ1) is 14.6. The molecule has 1 N–H and O–H groups in total. The molecule has 1 amide bonds. The largest absolute Gasteiger partial charge is 0.465 e. The molecule has 1 heterocycles. The van der Waals surface area contributed by atoms with Gasteiger partial charge in [0, 0.05) is 6.04 Å². The van der Waals surface area contributed by atoms with E-state index in [9.17, 15) is 22.4 Å². The van der Waals surface area contributed by atoms with Crippen molar-refractivity contribution >= 4 is 6.09 Å². The molecule has 1 aliphatic rings. The molecule has 0 bridgehead atoms. The van der Waals surface area contributed by atoms with Crippen LogP contribution in [0.3, 0.4) is 0 Å². The molecule has 3 nitrogen and oxygen atoms in total. The summed E-state index contributed by atoms with van der Waals surface area (Å²) in [6, 6.07) is 3.48. The molecule has 0 radical (unpaired) electrons. The number of hydrogen-bond acceptors (Lipinski definition) is 1. The van der Waals surface area contributed by atoms with Gasteiger partial charge in [0.25, 0.3) is 0 Å². The van der Waals surface area contributed by atoms with Crippen molar-refractivity contribution in [2.24, 2.45) is 0 Å². The Bertz CT molecular complexity index is 503. The average molecular weight is 291 g/mol. The summed E-state index contributed by atoms with van der Waals surface area (Å²) >= 11 is 0. The molecule has 1 aromatic carbocycles. The van der Waals surface area contributed by atoms with E-state index in [4.69, 9.17) is 5.11 Å². The first-order chi connectivity index (χ1) is 9.28. The molecule has 0 aliphatic carbocycles. The van der Waals surface area contributed by atoms with Crippen molar-refractivity contribution in [2.45, 2.75) is 37.5 Å². The Labute approximate surface area is 112 Å². The predicted octanol–water partition coefficient (Wildman–Crippen LogP) is 3.96. The van der Waals surface area contributed by atoms with E-state index in [0.717, 1.165) is 11.0 Å². The highest BCUT2D eigenvalue weighted by Gasteiger charge is 2.43. The van der Waals surface area contributed by atoms with Crippen LogP contribution in [0.5, 0.6) is 0 Å². The molecular weight excluding hydrogens is 278 g/mol. The third kappa shape index (κ3) is 3.20. The number of carboxylic acid groups (broad SMARTS) is 1. The zero-order chi connectivity index (χ0) is 14.9. The maximum atomic E-state index is 13.2. The Morgan fingerprint density at radius 1 is 1.35 bits per heavy atom. The van der Waals surface area contributed by atoms with E-state index in [0.29, 0.717) is 5.56 Å². The maximum absolute atomic E-state index is 13.2. The molecule has 1 aliphatic heterocycles. The normalized spacial score (nSPS) is 23.1. The quantitative estimate of drug-likeness (QED) is 0.838. The SMILES string of the molecule is O=C(O)N1[C@@H](CC(F)(F)F)CC[C@H]1c1cccc(F)c1. The van der Waals surface area contributed by atoms with Crippen LogP contribution in [0.25, 0.3) is 0 Å². The highest BCUT2D eigenvalue weighted by atomic mass is 19.4. The number of nitrogens with zero attached hydrogens (tertiary/aromatic N) is 1. The van der Waals surface area contributed by atoms with Crippen LogP contribution < -0.4 is 0 Å². The van der Waals surface area contributed by atoms with Gasteiger partial charge in [-0.15, -0.1) is 0 Å². The number of benzene rings is 1. The summed E-state index contributed by atoms with van der Waals surface area (Å²) in [4.78, 5) is 12.0. The number of rotatable bonds is 2. The van der Waals surface area contributed by atoms with Crippen LogP contribution in [0.2, 0.25) is 0 Å². The number of alkyl halides is 3. The van der Waals surface area contributed by atoms with E-state index in [1.54, 1.807) is 0 Å². The standard InChI is InChI=1S/C13H13F4NO2/c14-9-3-1-2-8(6-9)11-5-4-10(7-13(15,16)17)18(11)12(19)20/h1-3,6,10-11H,4-5,7H2,(H,19,20)/t10-,11+/m1/s1. The van der Waals surface area contributed by atoms with Gasteiger partial charge in [-0.1, -0.05) is 12.1 Å². The lowest BCUT2D eigenvalue weighted by molar-refractivity contribution is -0.144. The fraction of sp³-hybridized carbons (Fsp3) is 0.462. The minimum absolute atomic E-state index is 0.118. The lowest BCUT2D eigenvalue weighted by Crippen LogP contribution is -2.38. The molecule has 7 heteroatoms. The lowest BCUT2D eigenvalue weighted by Gasteiger charge is -2.28. The molecule has 20 heavy (non-hydrogen) atoms. The molecular formula is C13H13F4NO2.